The van der Waals surface area contributed by atoms with E-state index in [1.165, 1.54) is 10.4 Å². The van der Waals surface area contributed by atoms with Crippen molar-refractivity contribution < 1.29 is 12.8 Å². The molecule has 0 spiro atoms. The first kappa shape index (κ1) is 26.1. The van der Waals surface area contributed by atoms with Gasteiger partial charge < -0.3 is 10.6 Å². The van der Waals surface area contributed by atoms with Crippen molar-refractivity contribution in [3.63, 3.8) is 0 Å². The van der Waals surface area contributed by atoms with Crippen LogP contribution in [0.5, 0.6) is 0 Å². The van der Waals surface area contributed by atoms with Crippen LogP contribution in [0.3, 0.4) is 0 Å². The summed E-state index contributed by atoms with van der Waals surface area (Å²) in [5.74, 6) is 0.220. The fourth-order valence-corrected chi connectivity index (χ4v) is 3.87. The summed E-state index contributed by atoms with van der Waals surface area (Å²) < 4.78 is 39.6. The molecule has 1 aromatic rings. The van der Waals surface area contributed by atoms with E-state index in [2.05, 4.69) is 15.6 Å². The normalized spacial score (nSPS) is 13.2. The van der Waals surface area contributed by atoms with Gasteiger partial charge in [-0.25, -0.2) is 17.1 Å². The van der Waals surface area contributed by atoms with Gasteiger partial charge in [-0.1, -0.05) is 26.0 Å². The molecule has 0 amide bonds. The molecule has 0 aliphatic heterocycles. The van der Waals surface area contributed by atoms with Crippen LogP contribution in [0.25, 0.3) is 0 Å². The Bertz CT molecular complexity index is 709. The van der Waals surface area contributed by atoms with Crippen molar-refractivity contribution in [3.05, 3.63) is 35.1 Å². The number of nitrogens with one attached hydrogen (secondary N) is 2. The molecule has 2 N–H and O–H groups in total. The molecule has 0 bridgehead atoms. The van der Waals surface area contributed by atoms with Crippen molar-refractivity contribution in [2.75, 3.05) is 31.9 Å². The Balaban J connectivity index is 0.00000676. The number of benzene rings is 1. The zero-order valence-corrected chi connectivity index (χ0v) is 19.9. The maximum Gasteiger partial charge on any atom is 0.215 e. The Morgan fingerprint density at radius 1 is 1.26 bits per heavy atom. The van der Waals surface area contributed by atoms with Crippen molar-refractivity contribution in [3.8, 4) is 0 Å². The molecule has 9 heteroatoms. The van der Waals surface area contributed by atoms with Crippen LogP contribution in [-0.4, -0.2) is 50.6 Å². The van der Waals surface area contributed by atoms with Gasteiger partial charge in [0.05, 0.1) is 18.3 Å². The number of hydrogen-bond acceptors (Lipinski definition) is 3. The number of nitrogens with zero attached hydrogens (tertiary/aromatic N) is 2. The molecule has 0 fully saturated rings. The Morgan fingerprint density at radius 3 is 2.41 bits per heavy atom. The van der Waals surface area contributed by atoms with Crippen LogP contribution in [-0.2, 0) is 10.0 Å². The van der Waals surface area contributed by atoms with Gasteiger partial charge in [-0.15, -0.1) is 24.0 Å². The van der Waals surface area contributed by atoms with E-state index in [9.17, 15) is 12.8 Å². The monoisotopic (exact) mass is 514 g/mol. The quantitative estimate of drug-likeness (QED) is 0.302. The highest BCUT2D eigenvalue weighted by Crippen LogP contribution is 2.16. The lowest BCUT2D eigenvalue weighted by Gasteiger charge is -2.20. The minimum Gasteiger partial charge on any atom is -0.357 e. The van der Waals surface area contributed by atoms with E-state index in [-0.39, 0.29) is 48.1 Å². The van der Waals surface area contributed by atoms with Crippen molar-refractivity contribution in [1.82, 2.24) is 14.9 Å². The molecule has 1 atom stereocenters. The summed E-state index contributed by atoms with van der Waals surface area (Å²) in [6.07, 6.45) is 0. The average Bonchev–Trinajstić information content (AvgIpc) is 2.58. The Labute approximate surface area is 180 Å². The van der Waals surface area contributed by atoms with Gasteiger partial charge in [0.25, 0.3) is 0 Å². The molecule has 156 valence electrons. The van der Waals surface area contributed by atoms with E-state index in [0.29, 0.717) is 31.2 Å². The van der Waals surface area contributed by atoms with Crippen LogP contribution in [0.4, 0.5) is 4.39 Å². The minimum absolute atomic E-state index is 0. The van der Waals surface area contributed by atoms with Crippen LogP contribution < -0.4 is 10.6 Å². The predicted molar refractivity (Wildman–Crippen MR) is 121 cm³/mol. The van der Waals surface area contributed by atoms with Crippen molar-refractivity contribution in [1.29, 1.82) is 0 Å². The Hall–Kier alpha value is -0.940. The van der Waals surface area contributed by atoms with Gasteiger partial charge >= 0.3 is 0 Å². The third-order valence-corrected chi connectivity index (χ3v) is 6.11. The summed E-state index contributed by atoms with van der Waals surface area (Å²) in [7, 11) is -3.30. The van der Waals surface area contributed by atoms with E-state index in [1.807, 2.05) is 33.8 Å². The summed E-state index contributed by atoms with van der Waals surface area (Å²) in [6.45, 7) is 10.9. The van der Waals surface area contributed by atoms with Crippen molar-refractivity contribution in [2.24, 2.45) is 4.99 Å². The molecule has 1 unspecified atom stereocenters. The van der Waals surface area contributed by atoms with Crippen LogP contribution in [0, 0.1) is 12.7 Å². The predicted octanol–water partition coefficient (Wildman–Crippen LogP) is 3.04. The second-order valence-electron chi connectivity index (χ2n) is 6.04. The van der Waals surface area contributed by atoms with Crippen LogP contribution >= 0.6 is 24.0 Å². The average molecular weight is 514 g/mol. The molecule has 1 rings (SSSR count). The number of aliphatic imine (C=N–C) groups is 1. The van der Waals surface area contributed by atoms with Gasteiger partial charge in [0.2, 0.25) is 10.0 Å². The highest BCUT2D eigenvalue weighted by molar-refractivity contribution is 14.0. The summed E-state index contributed by atoms with van der Waals surface area (Å²) in [5.41, 5.74) is 1.40. The molecule has 0 heterocycles. The third kappa shape index (κ3) is 8.30. The van der Waals surface area contributed by atoms with Gasteiger partial charge in [0, 0.05) is 19.6 Å². The summed E-state index contributed by atoms with van der Waals surface area (Å²) in [4.78, 5) is 4.35. The van der Waals surface area contributed by atoms with Gasteiger partial charge in [-0.3, -0.25) is 4.99 Å². The first-order valence-electron chi connectivity index (χ1n) is 9.03. The zero-order chi connectivity index (χ0) is 19.7. The lowest BCUT2D eigenvalue weighted by molar-refractivity contribution is 0.445. The fourth-order valence-electron chi connectivity index (χ4n) is 2.51. The Morgan fingerprint density at radius 2 is 1.89 bits per heavy atom. The first-order valence-corrected chi connectivity index (χ1v) is 10.6. The molecule has 0 radical (unpaired) electrons. The highest BCUT2D eigenvalue weighted by Gasteiger charge is 2.18. The van der Waals surface area contributed by atoms with Gasteiger partial charge in [-0.2, -0.15) is 0 Å². The van der Waals surface area contributed by atoms with Crippen molar-refractivity contribution >= 4 is 40.0 Å². The zero-order valence-electron chi connectivity index (χ0n) is 16.8. The number of aryl methyl sites for hydroxylation is 1. The smallest absolute Gasteiger partial charge is 0.215 e. The Kier molecular flexibility index (Phi) is 12.1. The van der Waals surface area contributed by atoms with Crippen LogP contribution in [0.15, 0.2) is 23.2 Å². The standard InChI is InChI=1S/C18H31FN4O2S.HI/c1-6-20-18(21-11-12-26(24,25)23(7-2)8-3)22-15(5)16-10-9-14(4)17(19)13-16;/h9-10,13,15H,6-8,11-12H2,1-5H3,(H2,20,21,22);1H. The molecule has 0 aromatic heterocycles. The summed E-state index contributed by atoms with van der Waals surface area (Å²) in [6, 6.07) is 4.94. The maximum atomic E-state index is 13.8. The first-order chi connectivity index (χ1) is 12.2. The van der Waals surface area contributed by atoms with Crippen molar-refractivity contribution in [2.45, 2.75) is 40.7 Å². The van der Waals surface area contributed by atoms with Gasteiger partial charge in [0.1, 0.15) is 5.82 Å². The van der Waals surface area contributed by atoms with E-state index >= 15 is 0 Å². The lowest BCUT2D eigenvalue weighted by Crippen LogP contribution is -2.39. The number of hydrogen-bond donors (Lipinski definition) is 2. The van der Waals surface area contributed by atoms with Crippen LogP contribution in [0.2, 0.25) is 0 Å². The molecular formula is C18H32FIN4O2S. The van der Waals surface area contributed by atoms with E-state index in [0.717, 1.165) is 5.56 Å². The summed E-state index contributed by atoms with van der Waals surface area (Å²) in [5, 5.41) is 6.28. The second kappa shape index (κ2) is 12.5. The van der Waals surface area contributed by atoms with Crippen LogP contribution in [0.1, 0.15) is 44.9 Å². The highest BCUT2D eigenvalue weighted by atomic mass is 127. The number of sulfonamides is 1. The topological polar surface area (TPSA) is 73.8 Å². The minimum atomic E-state index is -3.30. The fraction of sp³-hybridized carbons (Fsp3) is 0.611. The van der Waals surface area contributed by atoms with Gasteiger partial charge in [0.15, 0.2) is 5.96 Å². The third-order valence-electron chi connectivity index (χ3n) is 4.11. The number of guanidine groups is 1. The van der Waals surface area contributed by atoms with Gasteiger partial charge in [-0.05, 0) is 38.0 Å². The second-order valence-corrected chi connectivity index (χ2v) is 8.12. The molecule has 0 aliphatic rings. The molecule has 1 aromatic carbocycles. The maximum absolute atomic E-state index is 13.8. The summed E-state index contributed by atoms with van der Waals surface area (Å²) >= 11 is 0. The SMILES string of the molecule is CCNC(=NCCS(=O)(=O)N(CC)CC)NC(C)c1ccc(C)c(F)c1.I. The number of rotatable bonds is 9. The number of halogens is 2. The van der Waals surface area contributed by atoms with E-state index in [1.54, 1.807) is 13.0 Å². The molecule has 6 nitrogen and oxygen atoms in total. The molecule has 0 aliphatic carbocycles. The molecule has 0 saturated carbocycles. The molecule has 0 saturated heterocycles. The van der Waals surface area contributed by atoms with E-state index in [4.69, 9.17) is 0 Å². The lowest BCUT2D eigenvalue weighted by atomic mass is 10.1. The van der Waals surface area contributed by atoms with E-state index < -0.39 is 10.0 Å². The largest absolute Gasteiger partial charge is 0.357 e. The molecular weight excluding hydrogens is 482 g/mol. The molecule has 27 heavy (non-hydrogen) atoms.